The lowest BCUT2D eigenvalue weighted by atomic mass is 9.99. The maximum atomic E-state index is 5.19. The quantitative estimate of drug-likeness (QED) is 0.174. The SMILES string of the molecule is c1ccc(-c2nnc3c4ccccc4nc(-c4cccc(-c5cccc(-c6nc(-c7ccc(-c8ccncc8)cc7)c7ccccc7n6)c5)c4)n23)cc1. The highest BCUT2D eigenvalue weighted by molar-refractivity contribution is 5.95. The van der Waals surface area contributed by atoms with Gasteiger partial charge >= 0.3 is 0 Å². The summed E-state index contributed by atoms with van der Waals surface area (Å²) < 4.78 is 2.07. The van der Waals surface area contributed by atoms with Gasteiger partial charge in [0.05, 0.1) is 16.7 Å². The van der Waals surface area contributed by atoms with Crippen molar-refractivity contribution in [1.82, 2.24) is 34.5 Å². The molecule has 10 aromatic rings. The minimum absolute atomic E-state index is 0.671. The van der Waals surface area contributed by atoms with Gasteiger partial charge in [-0.2, -0.15) is 0 Å². The Labute approximate surface area is 305 Å². The van der Waals surface area contributed by atoms with Gasteiger partial charge in [-0.05, 0) is 64.7 Å². The highest BCUT2D eigenvalue weighted by atomic mass is 15.3. The molecule has 248 valence electrons. The fourth-order valence-electron chi connectivity index (χ4n) is 7.02. The molecule has 0 radical (unpaired) electrons. The van der Waals surface area contributed by atoms with E-state index in [1.54, 1.807) is 0 Å². The van der Waals surface area contributed by atoms with Crippen LogP contribution in [0.1, 0.15) is 0 Å². The maximum Gasteiger partial charge on any atom is 0.172 e. The third-order valence-electron chi connectivity index (χ3n) is 9.63. The highest BCUT2D eigenvalue weighted by Crippen LogP contribution is 2.34. The van der Waals surface area contributed by atoms with Crippen molar-refractivity contribution in [1.29, 1.82) is 0 Å². The first-order chi connectivity index (χ1) is 26.3. The second kappa shape index (κ2) is 12.7. The fourth-order valence-corrected chi connectivity index (χ4v) is 7.02. The zero-order valence-corrected chi connectivity index (χ0v) is 28.4. The van der Waals surface area contributed by atoms with Crippen molar-refractivity contribution in [2.75, 3.05) is 0 Å². The van der Waals surface area contributed by atoms with E-state index in [1.807, 2.05) is 79.1 Å². The summed E-state index contributed by atoms with van der Waals surface area (Å²) >= 11 is 0. The Morgan fingerprint density at radius 1 is 0.358 bits per heavy atom. The van der Waals surface area contributed by atoms with Crippen molar-refractivity contribution < 1.29 is 0 Å². The third-order valence-corrected chi connectivity index (χ3v) is 9.63. The largest absolute Gasteiger partial charge is 0.265 e. The molecule has 7 heteroatoms. The average molecular weight is 680 g/mol. The summed E-state index contributed by atoms with van der Waals surface area (Å²) in [6, 6.07) is 55.9. The average Bonchev–Trinajstić information content (AvgIpc) is 3.70. The van der Waals surface area contributed by atoms with E-state index in [-0.39, 0.29) is 0 Å². The second-order valence-electron chi connectivity index (χ2n) is 12.9. The van der Waals surface area contributed by atoms with Crippen LogP contribution < -0.4 is 0 Å². The van der Waals surface area contributed by atoms with E-state index in [2.05, 4.69) is 117 Å². The molecule has 0 aliphatic rings. The van der Waals surface area contributed by atoms with Gasteiger partial charge in [0.15, 0.2) is 17.3 Å². The van der Waals surface area contributed by atoms with Gasteiger partial charge in [0.1, 0.15) is 5.82 Å². The smallest absolute Gasteiger partial charge is 0.172 e. The lowest BCUT2D eigenvalue weighted by Crippen LogP contribution is -2.00. The maximum absolute atomic E-state index is 5.19. The van der Waals surface area contributed by atoms with Crippen molar-refractivity contribution in [2.45, 2.75) is 0 Å². The summed E-state index contributed by atoms with van der Waals surface area (Å²) in [5.41, 5.74) is 11.7. The summed E-state index contributed by atoms with van der Waals surface area (Å²) in [5.74, 6) is 2.19. The summed E-state index contributed by atoms with van der Waals surface area (Å²) in [7, 11) is 0. The second-order valence-corrected chi connectivity index (χ2v) is 12.9. The molecule has 0 unspecified atom stereocenters. The predicted octanol–water partition coefficient (Wildman–Crippen LogP) is 10.6. The molecular weight excluding hydrogens is 651 g/mol. The Kier molecular flexibility index (Phi) is 7.32. The van der Waals surface area contributed by atoms with Gasteiger partial charge in [-0.3, -0.25) is 9.38 Å². The molecule has 0 bridgehead atoms. The van der Waals surface area contributed by atoms with Crippen LogP contribution in [0.5, 0.6) is 0 Å². The van der Waals surface area contributed by atoms with Crippen LogP contribution in [0.3, 0.4) is 0 Å². The van der Waals surface area contributed by atoms with Crippen LogP contribution in [-0.4, -0.2) is 34.5 Å². The van der Waals surface area contributed by atoms with Crippen LogP contribution >= 0.6 is 0 Å². The summed E-state index contributed by atoms with van der Waals surface area (Å²) in [5, 5.41) is 11.3. The van der Waals surface area contributed by atoms with Gasteiger partial charge in [0.2, 0.25) is 0 Å². The van der Waals surface area contributed by atoms with E-state index in [4.69, 9.17) is 15.0 Å². The van der Waals surface area contributed by atoms with Crippen LogP contribution in [-0.2, 0) is 0 Å². The van der Waals surface area contributed by atoms with Crippen molar-refractivity contribution in [3.05, 3.63) is 176 Å². The molecule has 0 amide bonds. The van der Waals surface area contributed by atoms with Crippen molar-refractivity contribution in [3.63, 3.8) is 0 Å². The summed E-state index contributed by atoms with van der Waals surface area (Å²) in [6.45, 7) is 0. The molecule has 4 heterocycles. The van der Waals surface area contributed by atoms with Gasteiger partial charge in [-0.25, -0.2) is 15.0 Å². The van der Waals surface area contributed by atoms with E-state index in [0.717, 1.165) is 89.3 Å². The molecule has 0 saturated heterocycles. The highest BCUT2D eigenvalue weighted by Gasteiger charge is 2.18. The Morgan fingerprint density at radius 2 is 0.943 bits per heavy atom. The topological polar surface area (TPSA) is 81.8 Å². The molecule has 53 heavy (non-hydrogen) atoms. The number of para-hydroxylation sites is 2. The molecule has 0 saturated carbocycles. The standard InChI is InChI=1S/C46H29N7/c1-2-10-33(11-3-1)45-51-52-46-39-17-5-7-19-41(39)49-44(53(45)46)37-15-9-13-35(29-37)34-12-8-14-36(28-34)43-48-40-18-6-4-16-38(40)42(50-43)32-22-20-30(21-23-32)31-24-26-47-27-25-31/h1-29H. The molecule has 0 spiro atoms. The number of aromatic nitrogens is 7. The van der Waals surface area contributed by atoms with E-state index in [0.29, 0.717) is 5.82 Å². The first-order valence-electron chi connectivity index (χ1n) is 17.4. The van der Waals surface area contributed by atoms with Gasteiger partial charge in [-0.1, -0.05) is 121 Å². The number of hydrogen-bond donors (Lipinski definition) is 0. The zero-order valence-electron chi connectivity index (χ0n) is 28.4. The molecule has 0 atom stereocenters. The van der Waals surface area contributed by atoms with E-state index >= 15 is 0 Å². The molecule has 4 aromatic heterocycles. The Morgan fingerprint density at radius 3 is 1.72 bits per heavy atom. The lowest BCUT2D eigenvalue weighted by Gasteiger charge is -2.12. The van der Waals surface area contributed by atoms with Gasteiger partial charge < -0.3 is 0 Å². The van der Waals surface area contributed by atoms with Crippen molar-refractivity contribution in [3.8, 4) is 67.7 Å². The van der Waals surface area contributed by atoms with E-state index in [9.17, 15) is 0 Å². The first kappa shape index (κ1) is 30.4. The van der Waals surface area contributed by atoms with Crippen LogP contribution in [0.15, 0.2) is 176 Å². The number of pyridine rings is 1. The van der Waals surface area contributed by atoms with Crippen molar-refractivity contribution >= 4 is 27.5 Å². The molecular formula is C46H29N7. The number of nitrogens with zero attached hydrogens (tertiary/aromatic N) is 7. The zero-order chi connectivity index (χ0) is 35.1. The minimum Gasteiger partial charge on any atom is -0.265 e. The molecule has 10 rings (SSSR count). The lowest BCUT2D eigenvalue weighted by molar-refractivity contribution is 1.10. The molecule has 0 aliphatic heterocycles. The normalized spacial score (nSPS) is 11.4. The molecule has 7 nitrogen and oxygen atoms in total. The van der Waals surface area contributed by atoms with Gasteiger partial charge in [0, 0.05) is 45.4 Å². The Bertz CT molecular complexity index is 2940. The fraction of sp³-hybridized carbons (Fsp3) is 0. The van der Waals surface area contributed by atoms with Crippen LogP contribution in [0.2, 0.25) is 0 Å². The van der Waals surface area contributed by atoms with Gasteiger partial charge in [-0.15, -0.1) is 10.2 Å². The Balaban J connectivity index is 1.07. The summed E-state index contributed by atoms with van der Waals surface area (Å²) in [4.78, 5) is 19.6. The minimum atomic E-state index is 0.671. The monoisotopic (exact) mass is 679 g/mol. The number of rotatable bonds is 6. The third kappa shape index (κ3) is 5.48. The Hall–Kier alpha value is -7.38. The van der Waals surface area contributed by atoms with Crippen LogP contribution in [0.4, 0.5) is 0 Å². The van der Waals surface area contributed by atoms with Crippen LogP contribution in [0.25, 0.3) is 95.1 Å². The molecule has 0 fully saturated rings. The van der Waals surface area contributed by atoms with E-state index < -0.39 is 0 Å². The predicted molar refractivity (Wildman–Crippen MR) is 212 cm³/mol. The van der Waals surface area contributed by atoms with E-state index in [1.165, 1.54) is 0 Å². The van der Waals surface area contributed by atoms with Gasteiger partial charge in [0.25, 0.3) is 0 Å². The molecule has 6 aromatic carbocycles. The van der Waals surface area contributed by atoms with Crippen LogP contribution in [0, 0.1) is 0 Å². The molecule has 0 N–H and O–H groups in total. The number of hydrogen-bond acceptors (Lipinski definition) is 6. The van der Waals surface area contributed by atoms with Crippen molar-refractivity contribution in [2.24, 2.45) is 0 Å². The summed E-state index contributed by atoms with van der Waals surface area (Å²) in [6.07, 6.45) is 3.63. The first-order valence-corrected chi connectivity index (χ1v) is 17.4. The number of benzene rings is 6. The molecule has 0 aliphatic carbocycles. The number of fused-ring (bicyclic) bond motifs is 4.